The van der Waals surface area contributed by atoms with Crippen LogP contribution in [-0.2, 0) is 0 Å². The van der Waals surface area contributed by atoms with E-state index in [2.05, 4.69) is 17.1 Å². The Morgan fingerprint density at radius 2 is 2.18 bits per heavy atom. The van der Waals surface area contributed by atoms with Crippen molar-refractivity contribution in [3.8, 4) is 0 Å². The Balaban J connectivity index is 2.21. The van der Waals surface area contributed by atoms with Gasteiger partial charge in [0.25, 0.3) is 0 Å². The van der Waals surface area contributed by atoms with Crippen LogP contribution >= 0.6 is 0 Å². The molecule has 1 rings (SSSR count). The van der Waals surface area contributed by atoms with Gasteiger partial charge in [0.1, 0.15) is 0 Å². The van der Waals surface area contributed by atoms with Crippen LogP contribution in [0.15, 0.2) is 0 Å². The van der Waals surface area contributed by atoms with Gasteiger partial charge in [-0.1, -0.05) is 19.8 Å². The zero-order valence-corrected chi connectivity index (χ0v) is 11.6. The lowest BCUT2D eigenvalue weighted by Crippen LogP contribution is -2.35. The molecule has 0 bridgehead atoms. The summed E-state index contributed by atoms with van der Waals surface area (Å²) in [5, 5.41) is 12.3. The molecular formula is C14H30N2O. The second kappa shape index (κ2) is 8.90. The number of rotatable bonds is 7. The van der Waals surface area contributed by atoms with Crippen LogP contribution in [0.3, 0.4) is 0 Å². The maximum absolute atomic E-state index is 9.14. The maximum Gasteiger partial charge on any atom is 0.0585 e. The minimum absolute atomic E-state index is 0.253. The van der Waals surface area contributed by atoms with Crippen LogP contribution in [0.1, 0.15) is 45.4 Å². The first-order chi connectivity index (χ1) is 8.30. The van der Waals surface area contributed by atoms with Gasteiger partial charge in [-0.25, -0.2) is 0 Å². The zero-order chi connectivity index (χ0) is 12.5. The summed E-state index contributed by atoms with van der Waals surface area (Å²) in [6.45, 7) is 6.18. The van der Waals surface area contributed by atoms with Crippen LogP contribution in [0.4, 0.5) is 0 Å². The Labute approximate surface area is 107 Å². The largest absolute Gasteiger partial charge is 0.395 e. The lowest BCUT2D eigenvalue weighted by atomic mass is 9.96. The smallest absolute Gasteiger partial charge is 0.0585 e. The van der Waals surface area contributed by atoms with Gasteiger partial charge < -0.3 is 15.3 Å². The molecule has 1 fully saturated rings. The number of likely N-dealkylation sites (N-methyl/N-ethyl adjacent to an activating group) is 1. The number of nitrogens with one attached hydrogen (secondary N) is 1. The molecule has 3 nitrogen and oxygen atoms in total. The van der Waals surface area contributed by atoms with E-state index < -0.39 is 0 Å². The lowest BCUT2D eigenvalue weighted by molar-refractivity contribution is 0.211. The van der Waals surface area contributed by atoms with Gasteiger partial charge in [0.15, 0.2) is 0 Å². The zero-order valence-electron chi connectivity index (χ0n) is 11.6. The summed E-state index contributed by atoms with van der Waals surface area (Å²) in [4.78, 5) is 2.58. The van der Waals surface area contributed by atoms with Gasteiger partial charge >= 0.3 is 0 Å². The molecule has 0 aliphatic carbocycles. The summed E-state index contributed by atoms with van der Waals surface area (Å²) in [7, 11) is 1.93. The van der Waals surface area contributed by atoms with Crippen molar-refractivity contribution in [2.24, 2.45) is 5.92 Å². The van der Waals surface area contributed by atoms with Crippen molar-refractivity contribution in [2.75, 3.05) is 33.3 Å². The second-order valence-electron chi connectivity index (χ2n) is 5.38. The minimum Gasteiger partial charge on any atom is -0.395 e. The molecule has 102 valence electrons. The van der Waals surface area contributed by atoms with E-state index in [4.69, 9.17) is 5.11 Å². The summed E-state index contributed by atoms with van der Waals surface area (Å²) in [5.41, 5.74) is 0. The molecule has 1 heterocycles. The van der Waals surface area contributed by atoms with Gasteiger partial charge in [-0.15, -0.1) is 0 Å². The van der Waals surface area contributed by atoms with E-state index in [1.807, 2.05) is 7.05 Å². The van der Waals surface area contributed by atoms with Crippen LogP contribution in [0.5, 0.6) is 0 Å². The van der Waals surface area contributed by atoms with E-state index in [0.717, 1.165) is 18.9 Å². The van der Waals surface area contributed by atoms with Gasteiger partial charge in [0.2, 0.25) is 0 Å². The Hall–Kier alpha value is -0.120. The van der Waals surface area contributed by atoms with Crippen LogP contribution in [-0.4, -0.2) is 49.3 Å². The number of aliphatic hydroxyl groups excluding tert-OH is 1. The predicted molar refractivity (Wildman–Crippen MR) is 73.2 cm³/mol. The molecule has 17 heavy (non-hydrogen) atoms. The first-order valence-corrected chi connectivity index (χ1v) is 7.30. The molecule has 1 saturated heterocycles. The van der Waals surface area contributed by atoms with Gasteiger partial charge in [-0.3, -0.25) is 0 Å². The van der Waals surface area contributed by atoms with E-state index in [-0.39, 0.29) is 12.6 Å². The van der Waals surface area contributed by atoms with Crippen LogP contribution in [0.25, 0.3) is 0 Å². The average molecular weight is 242 g/mol. The highest BCUT2D eigenvalue weighted by Gasteiger charge is 2.16. The van der Waals surface area contributed by atoms with Crippen molar-refractivity contribution >= 4 is 0 Å². The number of nitrogens with zero attached hydrogens (tertiary/aromatic N) is 1. The molecule has 2 unspecified atom stereocenters. The molecule has 0 amide bonds. The summed E-state index contributed by atoms with van der Waals surface area (Å²) in [6.07, 6.45) is 7.94. The molecule has 1 aliphatic rings. The van der Waals surface area contributed by atoms with Crippen molar-refractivity contribution in [1.82, 2.24) is 10.2 Å². The predicted octanol–water partition coefficient (Wildman–Crippen LogP) is 1.86. The molecule has 3 heteroatoms. The standard InChI is InChI=1S/C14H30N2O/c1-3-5-13-6-4-9-16(10-7-13)11-8-14(12-17)15-2/h13-15,17H,3-12H2,1-2H3. The van der Waals surface area contributed by atoms with E-state index >= 15 is 0 Å². The quantitative estimate of drug-likeness (QED) is 0.715. The fraction of sp³-hybridized carbons (Fsp3) is 1.00. The molecule has 0 aromatic carbocycles. The fourth-order valence-corrected chi connectivity index (χ4v) is 2.81. The topological polar surface area (TPSA) is 35.5 Å². The highest BCUT2D eigenvalue weighted by molar-refractivity contribution is 4.72. The summed E-state index contributed by atoms with van der Waals surface area (Å²) in [6, 6.07) is 0.268. The normalized spacial score (nSPS) is 24.5. The third-order valence-corrected chi connectivity index (χ3v) is 4.06. The van der Waals surface area contributed by atoms with Crippen LogP contribution < -0.4 is 5.32 Å². The molecule has 1 aliphatic heterocycles. The average Bonchev–Trinajstić information content (AvgIpc) is 2.57. The first kappa shape index (κ1) is 14.9. The molecule has 0 radical (unpaired) electrons. The molecule has 0 aromatic heterocycles. The molecular weight excluding hydrogens is 212 g/mol. The van der Waals surface area contributed by atoms with Crippen molar-refractivity contribution in [3.63, 3.8) is 0 Å². The Bertz CT molecular complexity index is 183. The fourth-order valence-electron chi connectivity index (χ4n) is 2.81. The molecule has 2 atom stereocenters. The van der Waals surface area contributed by atoms with Gasteiger partial charge in [0, 0.05) is 6.04 Å². The van der Waals surface area contributed by atoms with E-state index in [1.165, 1.54) is 45.2 Å². The summed E-state index contributed by atoms with van der Waals surface area (Å²) in [5.74, 6) is 0.961. The highest BCUT2D eigenvalue weighted by atomic mass is 16.3. The Morgan fingerprint density at radius 3 is 2.82 bits per heavy atom. The molecule has 0 spiro atoms. The van der Waals surface area contributed by atoms with Crippen molar-refractivity contribution in [2.45, 2.75) is 51.5 Å². The highest BCUT2D eigenvalue weighted by Crippen LogP contribution is 2.21. The number of hydrogen-bond acceptors (Lipinski definition) is 3. The number of hydrogen-bond donors (Lipinski definition) is 2. The maximum atomic E-state index is 9.14. The van der Waals surface area contributed by atoms with E-state index in [9.17, 15) is 0 Å². The second-order valence-corrected chi connectivity index (χ2v) is 5.38. The van der Waals surface area contributed by atoms with Gasteiger partial charge in [-0.2, -0.15) is 0 Å². The molecule has 0 aromatic rings. The van der Waals surface area contributed by atoms with Crippen molar-refractivity contribution in [3.05, 3.63) is 0 Å². The van der Waals surface area contributed by atoms with Crippen molar-refractivity contribution in [1.29, 1.82) is 0 Å². The van der Waals surface area contributed by atoms with Crippen LogP contribution in [0, 0.1) is 5.92 Å². The Kier molecular flexibility index (Phi) is 7.82. The lowest BCUT2D eigenvalue weighted by Gasteiger charge is -2.22. The Morgan fingerprint density at radius 1 is 1.35 bits per heavy atom. The third kappa shape index (κ3) is 5.84. The van der Waals surface area contributed by atoms with Gasteiger partial charge in [-0.05, 0) is 58.3 Å². The first-order valence-electron chi connectivity index (χ1n) is 7.30. The molecule has 2 N–H and O–H groups in total. The van der Waals surface area contributed by atoms with E-state index in [0.29, 0.717) is 0 Å². The molecule has 0 saturated carbocycles. The monoisotopic (exact) mass is 242 g/mol. The number of aliphatic hydroxyl groups is 1. The van der Waals surface area contributed by atoms with Gasteiger partial charge in [0.05, 0.1) is 6.61 Å². The minimum atomic E-state index is 0.253. The summed E-state index contributed by atoms with van der Waals surface area (Å²) >= 11 is 0. The summed E-state index contributed by atoms with van der Waals surface area (Å²) < 4.78 is 0. The SMILES string of the molecule is CCCC1CCCN(CCC(CO)NC)CC1. The number of likely N-dealkylation sites (tertiary alicyclic amines) is 1. The van der Waals surface area contributed by atoms with E-state index in [1.54, 1.807) is 0 Å². The van der Waals surface area contributed by atoms with Crippen molar-refractivity contribution < 1.29 is 5.11 Å². The van der Waals surface area contributed by atoms with Crippen LogP contribution in [0.2, 0.25) is 0 Å². The third-order valence-electron chi connectivity index (χ3n) is 4.06.